The lowest BCUT2D eigenvalue weighted by Crippen LogP contribution is -2.13. The number of esters is 1. The van der Waals surface area contributed by atoms with Gasteiger partial charge in [-0.25, -0.2) is 4.79 Å². The standard InChI is InChI=1S/C10H11BrO3/c1-6-5-7(3-4-8(6)11)9(12)10(13)14-2/h3-5,9,12H,1-2H3. The second-order valence-electron chi connectivity index (χ2n) is 2.93. The third-order valence-electron chi connectivity index (χ3n) is 1.92. The Morgan fingerprint density at radius 1 is 1.57 bits per heavy atom. The van der Waals surface area contributed by atoms with E-state index >= 15 is 0 Å². The van der Waals surface area contributed by atoms with Crippen LogP contribution in [0, 0.1) is 6.92 Å². The van der Waals surface area contributed by atoms with Gasteiger partial charge in [-0.15, -0.1) is 0 Å². The molecule has 0 aromatic heterocycles. The molecule has 0 aliphatic carbocycles. The number of aliphatic hydroxyl groups is 1. The van der Waals surface area contributed by atoms with Crippen LogP contribution in [-0.4, -0.2) is 18.2 Å². The minimum Gasteiger partial charge on any atom is -0.467 e. The first-order valence-corrected chi connectivity index (χ1v) is 4.87. The molecule has 0 aliphatic rings. The van der Waals surface area contributed by atoms with Crippen molar-refractivity contribution < 1.29 is 14.6 Å². The Kier molecular flexibility index (Phi) is 3.66. The van der Waals surface area contributed by atoms with Gasteiger partial charge in [-0.1, -0.05) is 28.1 Å². The first-order chi connectivity index (χ1) is 6.56. The Bertz CT molecular complexity index is 349. The van der Waals surface area contributed by atoms with Gasteiger partial charge >= 0.3 is 5.97 Å². The largest absolute Gasteiger partial charge is 0.467 e. The molecule has 1 atom stereocenters. The SMILES string of the molecule is COC(=O)C(O)c1ccc(Br)c(C)c1. The van der Waals surface area contributed by atoms with Crippen LogP contribution in [-0.2, 0) is 9.53 Å². The maximum absolute atomic E-state index is 11.0. The quantitative estimate of drug-likeness (QED) is 0.826. The highest BCUT2D eigenvalue weighted by molar-refractivity contribution is 9.10. The van der Waals surface area contributed by atoms with Crippen molar-refractivity contribution in [2.75, 3.05) is 7.11 Å². The number of carbonyl (C=O) groups is 1. The fraction of sp³-hybridized carbons (Fsp3) is 0.300. The second kappa shape index (κ2) is 4.57. The summed E-state index contributed by atoms with van der Waals surface area (Å²) in [5.74, 6) is -0.647. The second-order valence-corrected chi connectivity index (χ2v) is 3.79. The Morgan fingerprint density at radius 2 is 2.21 bits per heavy atom. The summed E-state index contributed by atoms with van der Waals surface area (Å²) in [6.45, 7) is 1.89. The summed E-state index contributed by atoms with van der Waals surface area (Å²) in [6.07, 6.45) is -1.20. The van der Waals surface area contributed by atoms with Gasteiger partial charge in [0.25, 0.3) is 0 Å². The first-order valence-electron chi connectivity index (χ1n) is 4.08. The summed E-state index contributed by atoms with van der Waals surface area (Å²) in [4.78, 5) is 11.0. The van der Waals surface area contributed by atoms with Crippen molar-refractivity contribution >= 4 is 21.9 Å². The lowest BCUT2D eigenvalue weighted by atomic mass is 10.1. The average molecular weight is 259 g/mol. The van der Waals surface area contributed by atoms with Crippen LogP contribution in [0.1, 0.15) is 17.2 Å². The fourth-order valence-electron chi connectivity index (χ4n) is 1.09. The molecule has 0 amide bonds. The highest BCUT2D eigenvalue weighted by Crippen LogP contribution is 2.21. The van der Waals surface area contributed by atoms with E-state index in [1.54, 1.807) is 18.2 Å². The van der Waals surface area contributed by atoms with Gasteiger partial charge in [-0.3, -0.25) is 0 Å². The van der Waals surface area contributed by atoms with Crippen molar-refractivity contribution in [3.05, 3.63) is 33.8 Å². The number of hydrogen-bond donors (Lipinski definition) is 1. The van der Waals surface area contributed by atoms with Crippen molar-refractivity contribution in [3.8, 4) is 0 Å². The summed E-state index contributed by atoms with van der Waals surface area (Å²) < 4.78 is 5.38. The lowest BCUT2D eigenvalue weighted by molar-refractivity contribution is -0.150. The number of hydrogen-bond acceptors (Lipinski definition) is 3. The molecule has 1 N–H and O–H groups in total. The van der Waals surface area contributed by atoms with E-state index in [0.29, 0.717) is 5.56 Å². The topological polar surface area (TPSA) is 46.5 Å². The monoisotopic (exact) mass is 258 g/mol. The predicted octanol–water partition coefficient (Wildman–Crippen LogP) is 1.96. The number of aryl methyl sites for hydroxylation is 1. The van der Waals surface area contributed by atoms with Crippen molar-refractivity contribution in [3.63, 3.8) is 0 Å². The molecule has 0 bridgehead atoms. The molecule has 76 valence electrons. The maximum atomic E-state index is 11.0. The van der Waals surface area contributed by atoms with Gasteiger partial charge in [0.2, 0.25) is 0 Å². The molecule has 0 spiro atoms. The lowest BCUT2D eigenvalue weighted by Gasteiger charge is -2.09. The summed E-state index contributed by atoms with van der Waals surface area (Å²) in [7, 11) is 1.25. The Balaban J connectivity index is 2.96. The van der Waals surface area contributed by atoms with Gasteiger partial charge < -0.3 is 9.84 Å². The third kappa shape index (κ3) is 2.33. The van der Waals surface area contributed by atoms with Crippen LogP contribution in [0.4, 0.5) is 0 Å². The molecule has 0 fully saturated rings. The van der Waals surface area contributed by atoms with Crippen molar-refractivity contribution in [1.82, 2.24) is 0 Å². The van der Waals surface area contributed by atoms with Crippen LogP contribution in [0.3, 0.4) is 0 Å². The summed E-state index contributed by atoms with van der Waals surface area (Å²) >= 11 is 3.33. The third-order valence-corrected chi connectivity index (χ3v) is 2.81. The van der Waals surface area contributed by atoms with Crippen molar-refractivity contribution in [1.29, 1.82) is 0 Å². The van der Waals surface area contributed by atoms with E-state index < -0.39 is 12.1 Å². The van der Waals surface area contributed by atoms with Gasteiger partial charge in [0.15, 0.2) is 6.10 Å². The zero-order chi connectivity index (χ0) is 10.7. The molecular weight excluding hydrogens is 248 g/mol. The number of aliphatic hydroxyl groups excluding tert-OH is 1. The van der Waals surface area contributed by atoms with E-state index in [9.17, 15) is 9.90 Å². The van der Waals surface area contributed by atoms with Crippen LogP contribution < -0.4 is 0 Å². The van der Waals surface area contributed by atoms with Crippen molar-refractivity contribution in [2.45, 2.75) is 13.0 Å². The Labute approximate surface area is 90.8 Å². The molecule has 3 nitrogen and oxygen atoms in total. The van der Waals surface area contributed by atoms with E-state index in [2.05, 4.69) is 20.7 Å². The van der Waals surface area contributed by atoms with Gasteiger partial charge in [0.1, 0.15) is 0 Å². The van der Waals surface area contributed by atoms with Crippen LogP contribution in [0.25, 0.3) is 0 Å². The average Bonchev–Trinajstić information content (AvgIpc) is 2.20. The molecule has 1 unspecified atom stereocenters. The zero-order valence-corrected chi connectivity index (χ0v) is 9.54. The minimum atomic E-state index is -1.20. The fourth-order valence-corrected chi connectivity index (χ4v) is 1.33. The molecule has 4 heteroatoms. The number of ether oxygens (including phenoxy) is 1. The number of rotatable bonds is 2. The molecule has 0 saturated carbocycles. The van der Waals surface area contributed by atoms with E-state index in [1.165, 1.54) is 7.11 Å². The van der Waals surface area contributed by atoms with Gasteiger partial charge in [-0.05, 0) is 24.1 Å². The minimum absolute atomic E-state index is 0.539. The van der Waals surface area contributed by atoms with Crippen LogP contribution >= 0.6 is 15.9 Å². The van der Waals surface area contributed by atoms with Crippen molar-refractivity contribution in [2.24, 2.45) is 0 Å². The highest BCUT2D eigenvalue weighted by atomic mass is 79.9. The van der Waals surface area contributed by atoms with E-state index in [0.717, 1.165) is 10.0 Å². The number of halogens is 1. The van der Waals surface area contributed by atoms with Gasteiger partial charge in [0.05, 0.1) is 7.11 Å². The molecule has 0 aliphatic heterocycles. The smallest absolute Gasteiger partial charge is 0.339 e. The zero-order valence-electron chi connectivity index (χ0n) is 7.95. The molecular formula is C10H11BrO3. The van der Waals surface area contributed by atoms with Gasteiger partial charge in [0, 0.05) is 4.47 Å². The number of carbonyl (C=O) groups excluding carboxylic acids is 1. The molecule has 1 aromatic carbocycles. The molecule has 0 heterocycles. The molecule has 0 radical (unpaired) electrons. The summed E-state index contributed by atoms with van der Waals surface area (Å²) in [6, 6.07) is 5.21. The molecule has 0 saturated heterocycles. The molecule has 1 aromatic rings. The maximum Gasteiger partial charge on any atom is 0.339 e. The first kappa shape index (κ1) is 11.2. The van der Waals surface area contributed by atoms with Crippen LogP contribution in [0.15, 0.2) is 22.7 Å². The van der Waals surface area contributed by atoms with Gasteiger partial charge in [-0.2, -0.15) is 0 Å². The molecule has 1 rings (SSSR count). The number of benzene rings is 1. The molecule has 14 heavy (non-hydrogen) atoms. The predicted molar refractivity (Wildman–Crippen MR) is 55.9 cm³/mol. The Hall–Kier alpha value is -0.870. The number of methoxy groups -OCH3 is 1. The summed E-state index contributed by atoms with van der Waals surface area (Å²) in [5, 5.41) is 9.51. The highest BCUT2D eigenvalue weighted by Gasteiger charge is 2.17. The summed E-state index contributed by atoms with van der Waals surface area (Å²) in [5.41, 5.74) is 1.50. The normalized spacial score (nSPS) is 12.3. The van der Waals surface area contributed by atoms with Crippen LogP contribution in [0.5, 0.6) is 0 Å². The van der Waals surface area contributed by atoms with E-state index in [-0.39, 0.29) is 0 Å². The Morgan fingerprint density at radius 3 is 2.71 bits per heavy atom. The van der Waals surface area contributed by atoms with Crippen LogP contribution in [0.2, 0.25) is 0 Å². The van der Waals surface area contributed by atoms with E-state index in [1.807, 2.05) is 6.92 Å². The van der Waals surface area contributed by atoms with E-state index in [4.69, 9.17) is 0 Å².